The summed E-state index contributed by atoms with van der Waals surface area (Å²) in [6.07, 6.45) is 1.19. The average molecular weight is 123 g/mol. The fraction of sp³-hybridized carbons (Fsp3) is 1.00. The zero-order valence-electron chi connectivity index (χ0n) is 3.71. The van der Waals surface area contributed by atoms with Crippen LogP contribution in [0.25, 0.3) is 0 Å². The molecule has 0 aliphatic rings. The molecular formula is C3H9ClNSi. The first-order valence-electron chi connectivity index (χ1n) is 1.85. The van der Waals surface area contributed by atoms with Crippen molar-refractivity contribution in [1.82, 2.24) is 0 Å². The maximum Gasteiger partial charge on any atom is 0.0736 e. The predicted molar refractivity (Wildman–Crippen MR) is 22.9 cm³/mol. The van der Waals surface area contributed by atoms with Gasteiger partial charge in [0.1, 0.15) is 0 Å². The van der Waals surface area contributed by atoms with E-state index in [-0.39, 0.29) is 12.4 Å². The van der Waals surface area contributed by atoms with Gasteiger partial charge >= 0.3 is 0 Å². The third kappa shape index (κ3) is 8.82. The van der Waals surface area contributed by atoms with E-state index in [4.69, 9.17) is 0 Å². The Morgan fingerprint density at radius 1 is 1.50 bits per heavy atom. The summed E-state index contributed by atoms with van der Waals surface area (Å²) < 4.78 is 0. The summed E-state index contributed by atoms with van der Waals surface area (Å²) in [5, 5.41) is 0. The van der Waals surface area contributed by atoms with Crippen LogP contribution < -0.4 is 18.1 Å². The largest absolute Gasteiger partial charge is 1.00 e. The van der Waals surface area contributed by atoms with E-state index < -0.39 is 0 Å². The highest BCUT2D eigenvalue weighted by molar-refractivity contribution is 6.08. The van der Waals surface area contributed by atoms with Crippen molar-refractivity contribution in [3.8, 4) is 0 Å². The standard InChI is InChI=1S/C3H8NSi.ClH/c4-2-1-3-5;/h1-4H2;1H. The van der Waals surface area contributed by atoms with E-state index in [2.05, 4.69) is 16.0 Å². The third-order valence-corrected chi connectivity index (χ3v) is 0.780. The quantitative estimate of drug-likeness (QED) is 0.364. The van der Waals surface area contributed by atoms with Crippen LogP contribution in [0.4, 0.5) is 0 Å². The minimum absolute atomic E-state index is 0. The molecule has 0 amide bonds. The van der Waals surface area contributed by atoms with Crippen LogP contribution in [-0.4, -0.2) is 16.8 Å². The van der Waals surface area contributed by atoms with Gasteiger partial charge in [0.2, 0.25) is 0 Å². The summed E-state index contributed by atoms with van der Waals surface area (Å²) >= 11 is 0. The lowest BCUT2D eigenvalue weighted by Gasteiger charge is -1.76. The van der Waals surface area contributed by atoms with Gasteiger partial charge in [0.25, 0.3) is 0 Å². The van der Waals surface area contributed by atoms with Crippen LogP contribution in [0.1, 0.15) is 6.42 Å². The van der Waals surface area contributed by atoms with E-state index in [1.54, 1.807) is 0 Å². The highest BCUT2D eigenvalue weighted by Gasteiger charge is 1.71. The first-order valence-corrected chi connectivity index (χ1v) is 2.56. The van der Waals surface area contributed by atoms with Gasteiger partial charge in [-0.2, -0.15) is 0 Å². The lowest BCUT2D eigenvalue weighted by molar-refractivity contribution is -0.367. The molecule has 0 spiro atoms. The normalized spacial score (nSPS) is 7.00. The van der Waals surface area contributed by atoms with Crippen LogP contribution in [0.2, 0.25) is 6.04 Å². The van der Waals surface area contributed by atoms with E-state index in [1.807, 2.05) is 0 Å². The molecular weight excluding hydrogens is 114 g/mol. The molecule has 3 N–H and O–H groups in total. The molecule has 0 bridgehead atoms. The number of hydrogen-bond acceptors (Lipinski definition) is 0. The second-order valence-corrected chi connectivity index (χ2v) is 1.46. The Bertz CT molecular complexity index is 18.3. The molecule has 0 unspecified atom stereocenters. The summed E-state index contributed by atoms with van der Waals surface area (Å²) in [5.41, 5.74) is 3.64. The van der Waals surface area contributed by atoms with Crippen molar-refractivity contribution < 1.29 is 18.1 Å². The molecule has 37 valence electrons. The number of quaternary nitrogens is 1. The van der Waals surface area contributed by atoms with Crippen molar-refractivity contribution in [3.63, 3.8) is 0 Å². The van der Waals surface area contributed by atoms with Crippen molar-refractivity contribution in [2.75, 3.05) is 6.54 Å². The Kier molecular flexibility index (Phi) is 14.7. The molecule has 0 rings (SSSR count). The van der Waals surface area contributed by atoms with Crippen molar-refractivity contribution in [3.05, 3.63) is 0 Å². The second kappa shape index (κ2) is 9.08. The third-order valence-electron chi connectivity index (χ3n) is 0.427. The molecule has 0 aromatic heterocycles. The van der Waals surface area contributed by atoms with Gasteiger partial charge in [-0.25, -0.2) is 0 Å². The van der Waals surface area contributed by atoms with E-state index >= 15 is 0 Å². The monoisotopic (exact) mass is 122 g/mol. The first kappa shape index (κ1) is 9.69. The maximum absolute atomic E-state index is 3.64. The lowest BCUT2D eigenvalue weighted by Crippen LogP contribution is -3.00. The van der Waals surface area contributed by atoms with Crippen molar-refractivity contribution in [1.29, 1.82) is 0 Å². The van der Waals surface area contributed by atoms with Gasteiger partial charge in [-0.15, -0.1) is 0 Å². The first-order chi connectivity index (χ1) is 2.41. The predicted octanol–water partition coefficient (Wildman–Crippen LogP) is -3.79. The summed E-state index contributed by atoms with van der Waals surface area (Å²) in [6, 6.07) is 1.09. The number of rotatable bonds is 2. The van der Waals surface area contributed by atoms with Crippen LogP contribution >= 0.6 is 0 Å². The van der Waals surface area contributed by atoms with Crippen molar-refractivity contribution >= 4 is 10.2 Å². The second-order valence-electron chi connectivity index (χ2n) is 0.957. The molecule has 3 radical (unpaired) electrons. The molecule has 0 aliphatic carbocycles. The summed E-state index contributed by atoms with van der Waals surface area (Å²) in [6.45, 7) is 1.05. The van der Waals surface area contributed by atoms with E-state index in [0.717, 1.165) is 12.6 Å². The van der Waals surface area contributed by atoms with Crippen molar-refractivity contribution in [2.24, 2.45) is 0 Å². The molecule has 0 aromatic carbocycles. The Labute approximate surface area is 48.1 Å². The van der Waals surface area contributed by atoms with Gasteiger partial charge in [0.05, 0.1) is 6.54 Å². The minimum Gasteiger partial charge on any atom is -1.00 e. The average Bonchev–Trinajstić information content (AvgIpc) is 1.41. The summed E-state index contributed by atoms with van der Waals surface area (Å²) in [4.78, 5) is 0. The van der Waals surface area contributed by atoms with Crippen LogP contribution in [0.5, 0.6) is 0 Å². The van der Waals surface area contributed by atoms with Gasteiger partial charge in [0, 0.05) is 10.2 Å². The molecule has 3 heteroatoms. The Morgan fingerprint density at radius 3 is 2.00 bits per heavy atom. The molecule has 0 atom stereocenters. The highest BCUT2D eigenvalue weighted by Crippen LogP contribution is 1.72. The fourth-order valence-corrected chi connectivity index (χ4v) is 0.375. The van der Waals surface area contributed by atoms with Crippen molar-refractivity contribution in [2.45, 2.75) is 12.5 Å². The smallest absolute Gasteiger partial charge is 0.0736 e. The van der Waals surface area contributed by atoms with Crippen LogP contribution in [0.15, 0.2) is 0 Å². The summed E-state index contributed by atoms with van der Waals surface area (Å²) in [7, 11) is 3.31. The van der Waals surface area contributed by atoms with Gasteiger partial charge < -0.3 is 18.1 Å². The SMILES string of the molecule is [Cl-].[NH3+]CCC[Si]. The zero-order valence-corrected chi connectivity index (χ0v) is 5.46. The maximum atomic E-state index is 3.64. The van der Waals surface area contributed by atoms with E-state index in [9.17, 15) is 0 Å². The minimum atomic E-state index is 0. The molecule has 0 saturated carbocycles. The van der Waals surface area contributed by atoms with Gasteiger partial charge in [-0.3, -0.25) is 0 Å². The highest BCUT2D eigenvalue weighted by atomic mass is 35.5. The zero-order chi connectivity index (χ0) is 4.12. The van der Waals surface area contributed by atoms with Gasteiger partial charge in [-0.05, 0) is 6.42 Å². The lowest BCUT2D eigenvalue weighted by atomic mass is 10.5. The van der Waals surface area contributed by atoms with Gasteiger partial charge in [-0.1, -0.05) is 6.04 Å². The molecule has 0 heterocycles. The topological polar surface area (TPSA) is 27.6 Å². The van der Waals surface area contributed by atoms with Crippen LogP contribution in [-0.2, 0) is 0 Å². The Morgan fingerprint density at radius 2 is 2.00 bits per heavy atom. The molecule has 1 nitrogen and oxygen atoms in total. The molecule has 0 saturated heterocycles. The Balaban J connectivity index is 0. The molecule has 6 heavy (non-hydrogen) atoms. The molecule has 0 fully saturated rings. The van der Waals surface area contributed by atoms with E-state index in [0.29, 0.717) is 0 Å². The molecule has 0 aliphatic heterocycles. The Hall–Kier alpha value is 0.467. The van der Waals surface area contributed by atoms with Crippen LogP contribution in [0.3, 0.4) is 0 Å². The fourth-order valence-electron chi connectivity index (χ4n) is 0.125. The number of halogens is 1. The van der Waals surface area contributed by atoms with Gasteiger partial charge in [0.15, 0.2) is 0 Å². The molecule has 0 aromatic rings. The van der Waals surface area contributed by atoms with E-state index in [1.165, 1.54) is 6.42 Å². The van der Waals surface area contributed by atoms with Crippen LogP contribution in [0, 0.1) is 0 Å². The number of hydrogen-bond donors (Lipinski definition) is 1. The summed E-state index contributed by atoms with van der Waals surface area (Å²) in [5.74, 6) is 0.